The standard InChI is InChI=1S/C16H16N4O3S/c1-11-15(12(2)20(3)18-11)8-9-16(21)19-24(22,23)14-6-4-13(10-17)5-7-14/h4-9H,1-3H3,(H,19,21)/b9-8-. The Morgan fingerprint density at radius 2 is 1.92 bits per heavy atom. The highest BCUT2D eigenvalue weighted by molar-refractivity contribution is 7.90. The highest BCUT2D eigenvalue weighted by Crippen LogP contribution is 2.14. The van der Waals surface area contributed by atoms with Crippen molar-refractivity contribution in [2.45, 2.75) is 18.7 Å². The molecule has 24 heavy (non-hydrogen) atoms. The number of nitriles is 1. The topological polar surface area (TPSA) is 105 Å². The molecule has 1 aromatic heterocycles. The minimum Gasteiger partial charge on any atom is -0.272 e. The summed E-state index contributed by atoms with van der Waals surface area (Å²) in [7, 11) is -2.20. The summed E-state index contributed by atoms with van der Waals surface area (Å²) in [5.41, 5.74) is 2.71. The molecule has 2 rings (SSSR count). The minimum absolute atomic E-state index is 0.0861. The monoisotopic (exact) mass is 344 g/mol. The summed E-state index contributed by atoms with van der Waals surface area (Å²) in [6.45, 7) is 3.66. The third-order valence-corrected chi connectivity index (χ3v) is 4.86. The number of amides is 1. The van der Waals surface area contributed by atoms with Crippen molar-refractivity contribution in [1.82, 2.24) is 14.5 Å². The van der Waals surface area contributed by atoms with Crippen LogP contribution in [0.15, 0.2) is 35.2 Å². The van der Waals surface area contributed by atoms with Gasteiger partial charge in [-0.15, -0.1) is 0 Å². The van der Waals surface area contributed by atoms with Gasteiger partial charge in [0.05, 0.1) is 22.2 Å². The van der Waals surface area contributed by atoms with Crippen LogP contribution in [-0.2, 0) is 21.9 Å². The summed E-state index contributed by atoms with van der Waals surface area (Å²) >= 11 is 0. The normalized spacial score (nSPS) is 11.4. The first kappa shape index (κ1) is 17.4. The molecular weight excluding hydrogens is 328 g/mol. The van der Waals surface area contributed by atoms with E-state index < -0.39 is 15.9 Å². The van der Waals surface area contributed by atoms with Crippen molar-refractivity contribution < 1.29 is 13.2 Å². The number of aromatic nitrogens is 2. The van der Waals surface area contributed by atoms with Gasteiger partial charge in [0.15, 0.2) is 0 Å². The third-order valence-electron chi connectivity index (χ3n) is 3.50. The van der Waals surface area contributed by atoms with Gasteiger partial charge in [-0.3, -0.25) is 9.48 Å². The lowest BCUT2D eigenvalue weighted by Gasteiger charge is -2.04. The second-order valence-electron chi connectivity index (χ2n) is 5.15. The molecular formula is C16H16N4O3S. The fourth-order valence-electron chi connectivity index (χ4n) is 2.12. The van der Waals surface area contributed by atoms with E-state index in [0.717, 1.165) is 23.0 Å². The van der Waals surface area contributed by atoms with E-state index in [1.807, 2.05) is 17.7 Å². The van der Waals surface area contributed by atoms with E-state index in [4.69, 9.17) is 5.26 Å². The Bertz CT molecular complexity index is 948. The van der Waals surface area contributed by atoms with E-state index in [-0.39, 0.29) is 4.90 Å². The van der Waals surface area contributed by atoms with Crippen LogP contribution in [0, 0.1) is 25.2 Å². The summed E-state index contributed by atoms with van der Waals surface area (Å²) < 4.78 is 27.9. The van der Waals surface area contributed by atoms with E-state index in [2.05, 4.69) is 5.10 Å². The van der Waals surface area contributed by atoms with Gasteiger partial charge in [-0.2, -0.15) is 10.4 Å². The lowest BCUT2D eigenvalue weighted by Crippen LogP contribution is -2.28. The molecule has 0 aliphatic heterocycles. The molecule has 7 nitrogen and oxygen atoms in total. The van der Waals surface area contributed by atoms with Crippen molar-refractivity contribution in [3.8, 4) is 6.07 Å². The largest absolute Gasteiger partial charge is 0.272 e. The van der Waals surface area contributed by atoms with Crippen molar-refractivity contribution >= 4 is 22.0 Å². The highest BCUT2D eigenvalue weighted by atomic mass is 32.2. The number of carbonyl (C=O) groups is 1. The molecule has 0 aliphatic carbocycles. The Balaban J connectivity index is 2.16. The Kier molecular flexibility index (Phi) is 4.85. The van der Waals surface area contributed by atoms with Crippen LogP contribution in [0.4, 0.5) is 0 Å². The smallest absolute Gasteiger partial charge is 0.264 e. The number of rotatable bonds is 4. The highest BCUT2D eigenvalue weighted by Gasteiger charge is 2.16. The van der Waals surface area contributed by atoms with E-state index in [1.165, 1.54) is 30.3 Å². The summed E-state index contributed by atoms with van der Waals surface area (Å²) in [6, 6.07) is 7.18. The maximum atomic E-state index is 12.1. The number of nitrogens with one attached hydrogen (secondary N) is 1. The number of hydrogen-bond donors (Lipinski definition) is 1. The van der Waals surface area contributed by atoms with Gasteiger partial charge in [0.1, 0.15) is 0 Å². The minimum atomic E-state index is -3.98. The van der Waals surface area contributed by atoms with Gasteiger partial charge < -0.3 is 0 Å². The van der Waals surface area contributed by atoms with E-state index in [0.29, 0.717) is 5.56 Å². The molecule has 1 amide bonds. The molecule has 2 aromatic rings. The van der Waals surface area contributed by atoms with Crippen molar-refractivity contribution in [1.29, 1.82) is 5.26 Å². The second kappa shape index (κ2) is 6.68. The Morgan fingerprint density at radius 3 is 2.42 bits per heavy atom. The average molecular weight is 344 g/mol. The molecule has 0 bridgehead atoms. The molecule has 0 saturated carbocycles. The van der Waals surface area contributed by atoms with Crippen molar-refractivity contribution in [3.05, 3.63) is 52.9 Å². The van der Waals surface area contributed by atoms with Crippen LogP contribution in [0.2, 0.25) is 0 Å². The predicted octanol–water partition coefficient (Wildman–Crippen LogP) is 1.43. The zero-order chi connectivity index (χ0) is 17.9. The summed E-state index contributed by atoms with van der Waals surface area (Å²) in [5, 5.41) is 12.9. The van der Waals surface area contributed by atoms with Gasteiger partial charge in [-0.05, 0) is 44.2 Å². The molecule has 0 radical (unpaired) electrons. The Hall–Kier alpha value is -2.92. The summed E-state index contributed by atoms with van der Waals surface area (Å²) in [5.74, 6) is -0.762. The molecule has 0 saturated heterocycles. The predicted molar refractivity (Wildman–Crippen MR) is 88.2 cm³/mol. The first-order valence-electron chi connectivity index (χ1n) is 7.00. The van der Waals surface area contributed by atoms with Crippen molar-refractivity contribution in [2.24, 2.45) is 7.05 Å². The Labute approximate surface area is 140 Å². The van der Waals surface area contributed by atoms with Crippen molar-refractivity contribution in [3.63, 3.8) is 0 Å². The number of sulfonamides is 1. The zero-order valence-corrected chi connectivity index (χ0v) is 14.3. The number of carbonyl (C=O) groups excluding carboxylic acids is 1. The van der Waals surface area contributed by atoms with E-state index in [9.17, 15) is 13.2 Å². The van der Waals surface area contributed by atoms with Gasteiger partial charge in [0.25, 0.3) is 15.9 Å². The van der Waals surface area contributed by atoms with Gasteiger partial charge >= 0.3 is 0 Å². The molecule has 0 spiro atoms. The van der Waals surface area contributed by atoms with Crippen LogP contribution in [-0.4, -0.2) is 24.1 Å². The number of nitrogens with zero attached hydrogens (tertiary/aromatic N) is 3. The zero-order valence-electron chi connectivity index (χ0n) is 13.4. The first-order valence-corrected chi connectivity index (χ1v) is 8.48. The summed E-state index contributed by atoms with van der Waals surface area (Å²) in [6.07, 6.45) is 2.68. The van der Waals surface area contributed by atoms with Crippen LogP contribution in [0.3, 0.4) is 0 Å². The SMILES string of the molecule is Cc1nn(C)c(C)c1/C=C\C(=O)NS(=O)(=O)c1ccc(C#N)cc1. The number of benzene rings is 1. The molecule has 1 heterocycles. The second-order valence-corrected chi connectivity index (χ2v) is 6.83. The average Bonchev–Trinajstić information content (AvgIpc) is 2.77. The van der Waals surface area contributed by atoms with Gasteiger partial charge in [-0.25, -0.2) is 13.1 Å². The Morgan fingerprint density at radius 1 is 1.29 bits per heavy atom. The molecule has 0 aliphatic rings. The molecule has 124 valence electrons. The van der Waals surface area contributed by atoms with Crippen molar-refractivity contribution in [2.75, 3.05) is 0 Å². The van der Waals surface area contributed by atoms with Crippen LogP contribution < -0.4 is 4.72 Å². The number of aryl methyl sites for hydroxylation is 2. The third kappa shape index (κ3) is 3.70. The molecule has 1 aromatic carbocycles. The summed E-state index contributed by atoms with van der Waals surface area (Å²) in [4.78, 5) is 11.8. The quantitative estimate of drug-likeness (QED) is 0.845. The molecule has 0 atom stereocenters. The van der Waals surface area contributed by atoms with Gasteiger partial charge in [0.2, 0.25) is 0 Å². The first-order chi connectivity index (χ1) is 11.2. The van der Waals surface area contributed by atoms with Gasteiger partial charge in [0, 0.05) is 24.4 Å². The van der Waals surface area contributed by atoms with E-state index in [1.54, 1.807) is 18.7 Å². The molecule has 8 heteroatoms. The molecule has 1 N–H and O–H groups in total. The lowest BCUT2D eigenvalue weighted by atomic mass is 10.2. The fraction of sp³-hybridized carbons (Fsp3) is 0.188. The van der Waals surface area contributed by atoms with Crippen LogP contribution in [0.1, 0.15) is 22.5 Å². The van der Waals surface area contributed by atoms with Gasteiger partial charge in [-0.1, -0.05) is 0 Å². The fourth-order valence-corrected chi connectivity index (χ4v) is 3.07. The van der Waals surface area contributed by atoms with Crippen LogP contribution in [0.25, 0.3) is 6.08 Å². The maximum Gasteiger partial charge on any atom is 0.264 e. The van der Waals surface area contributed by atoms with Crippen LogP contribution in [0.5, 0.6) is 0 Å². The molecule has 0 fully saturated rings. The maximum absolute atomic E-state index is 12.1. The van der Waals surface area contributed by atoms with Crippen LogP contribution >= 0.6 is 0 Å². The number of hydrogen-bond acceptors (Lipinski definition) is 5. The lowest BCUT2D eigenvalue weighted by molar-refractivity contribution is -0.114. The van der Waals surface area contributed by atoms with E-state index >= 15 is 0 Å². The molecule has 0 unspecified atom stereocenters.